The molecule has 4 heterocycles. The summed E-state index contributed by atoms with van der Waals surface area (Å²) in [6.07, 6.45) is 9.98. The number of imide groups is 2. The Morgan fingerprint density at radius 3 is 2.70 bits per heavy atom. The van der Waals surface area contributed by atoms with Crippen molar-refractivity contribution in [3.63, 3.8) is 0 Å². The molecule has 0 radical (unpaired) electrons. The lowest BCUT2D eigenvalue weighted by atomic mass is 9.77. The number of halogens is 1. The predicted octanol–water partition coefficient (Wildman–Crippen LogP) is 4.39. The number of carbonyl (C=O) groups excluding carboxylic acids is 4. The van der Waals surface area contributed by atoms with Crippen LogP contribution in [-0.4, -0.2) is 60.9 Å². The van der Waals surface area contributed by atoms with Crippen LogP contribution in [0.1, 0.15) is 65.3 Å². The maximum atomic E-state index is 13.0. The van der Waals surface area contributed by atoms with E-state index >= 15 is 0 Å². The SMILES string of the molecule is O=C1CCC(N2C(=O)c3ccc(NCCCC4CC(n5cc(-c6cnc7c(Cl)cccc7n6)cn5)C4)cc3C2=O)C(=O)N1. The number of amides is 4. The molecule has 43 heavy (non-hydrogen) atoms. The Morgan fingerprint density at radius 2 is 1.86 bits per heavy atom. The molecule has 12 heteroatoms. The summed E-state index contributed by atoms with van der Waals surface area (Å²) in [5, 5.41) is 10.7. The second-order valence-electron chi connectivity index (χ2n) is 11.3. The average molecular weight is 598 g/mol. The molecule has 2 aromatic heterocycles. The number of nitrogens with zero attached hydrogens (tertiary/aromatic N) is 5. The third-order valence-corrected chi connectivity index (χ3v) is 8.87. The molecular formula is C31H28ClN7O4. The largest absolute Gasteiger partial charge is 0.385 e. The van der Waals surface area contributed by atoms with Crippen molar-refractivity contribution in [3.8, 4) is 11.3 Å². The fourth-order valence-electron chi connectivity index (χ4n) is 6.17. The van der Waals surface area contributed by atoms with Crippen molar-refractivity contribution < 1.29 is 19.2 Å². The van der Waals surface area contributed by atoms with Crippen LogP contribution in [0.2, 0.25) is 5.02 Å². The molecule has 1 atom stereocenters. The molecule has 1 saturated carbocycles. The highest BCUT2D eigenvalue weighted by Gasteiger charge is 2.44. The number of nitrogens with one attached hydrogen (secondary N) is 2. The molecule has 1 saturated heterocycles. The van der Waals surface area contributed by atoms with Crippen LogP contribution in [0.3, 0.4) is 0 Å². The van der Waals surface area contributed by atoms with Gasteiger partial charge in [0, 0.05) is 30.4 Å². The quantitative estimate of drug-likeness (QED) is 0.225. The van der Waals surface area contributed by atoms with Gasteiger partial charge >= 0.3 is 0 Å². The maximum Gasteiger partial charge on any atom is 0.262 e. The van der Waals surface area contributed by atoms with Crippen LogP contribution in [0.4, 0.5) is 5.69 Å². The molecule has 4 aromatic rings. The van der Waals surface area contributed by atoms with E-state index in [4.69, 9.17) is 16.6 Å². The van der Waals surface area contributed by atoms with E-state index in [0.29, 0.717) is 22.5 Å². The molecule has 7 rings (SSSR count). The second-order valence-corrected chi connectivity index (χ2v) is 11.7. The standard InChI is InChI=1S/C31H28ClN7O4/c32-23-4-1-5-24-28(23)34-15-25(36-24)18-14-35-38(16-18)20-11-17(12-20)3-2-10-33-19-6-7-21-22(13-19)31(43)39(30(21)42)26-8-9-27(40)37-29(26)41/h1,4-7,13-17,20,26,33H,2-3,8-12H2,(H,37,40,41). The van der Waals surface area contributed by atoms with Crippen molar-refractivity contribution >= 4 is 52.0 Å². The number of fused-ring (bicyclic) bond motifs is 2. The van der Waals surface area contributed by atoms with Crippen LogP contribution in [0, 0.1) is 5.92 Å². The molecule has 218 valence electrons. The van der Waals surface area contributed by atoms with Gasteiger partial charge in [-0.2, -0.15) is 5.10 Å². The van der Waals surface area contributed by atoms with Gasteiger partial charge in [0.15, 0.2) is 0 Å². The van der Waals surface area contributed by atoms with Crippen LogP contribution >= 0.6 is 11.6 Å². The molecule has 3 aliphatic rings. The lowest BCUT2D eigenvalue weighted by Crippen LogP contribution is -2.54. The van der Waals surface area contributed by atoms with Gasteiger partial charge in [0.05, 0.1) is 45.8 Å². The fraction of sp³-hybridized carbons (Fsp3) is 0.323. The van der Waals surface area contributed by atoms with Gasteiger partial charge in [0.1, 0.15) is 11.6 Å². The Balaban J connectivity index is 0.891. The first-order valence-corrected chi connectivity index (χ1v) is 14.8. The number of hydrogen-bond acceptors (Lipinski definition) is 8. The number of hydrogen-bond donors (Lipinski definition) is 2. The van der Waals surface area contributed by atoms with E-state index in [-0.39, 0.29) is 24.0 Å². The first-order chi connectivity index (χ1) is 20.9. The predicted molar refractivity (Wildman–Crippen MR) is 158 cm³/mol. The van der Waals surface area contributed by atoms with Gasteiger partial charge in [-0.25, -0.2) is 4.98 Å². The minimum atomic E-state index is -0.965. The zero-order valence-corrected chi connectivity index (χ0v) is 23.9. The highest BCUT2D eigenvalue weighted by atomic mass is 35.5. The van der Waals surface area contributed by atoms with Crippen LogP contribution in [0.5, 0.6) is 0 Å². The summed E-state index contributed by atoms with van der Waals surface area (Å²) in [5.74, 6) is -1.39. The number of carbonyl (C=O) groups is 4. The van der Waals surface area contributed by atoms with Crippen LogP contribution in [0.25, 0.3) is 22.3 Å². The summed E-state index contributed by atoms with van der Waals surface area (Å²) in [6, 6.07) is 10.0. The van der Waals surface area contributed by atoms with Crippen molar-refractivity contribution in [3.05, 3.63) is 71.1 Å². The smallest absolute Gasteiger partial charge is 0.262 e. The van der Waals surface area contributed by atoms with E-state index in [1.807, 2.05) is 29.2 Å². The number of benzene rings is 2. The minimum absolute atomic E-state index is 0.0952. The molecule has 2 aliphatic heterocycles. The van der Waals surface area contributed by atoms with Crippen molar-refractivity contribution in [1.29, 1.82) is 0 Å². The van der Waals surface area contributed by atoms with Crippen molar-refractivity contribution in [2.24, 2.45) is 5.92 Å². The Labute approximate surface area is 251 Å². The second kappa shape index (κ2) is 10.9. The van der Waals surface area contributed by atoms with Gasteiger partial charge in [-0.05, 0) is 68.4 Å². The van der Waals surface area contributed by atoms with Crippen molar-refractivity contribution in [2.75, 3.05) is 11.9 Å². The summed E-state index contributed by atoms with van der Waals surface area (Å²) in [5.41, 5.74) is 4.44. The first-order valence-electron chi connectivity index (χ1n) is 14.4. The van der Waals surface area contributed by atoms with Gasteiger partial charge in [-0.15, -0.1) is 0 Å². The lowest BCUT2D eigenvalue weighted by molar-refractivity contribution is -0.136. The summed E-state index contributed by atoms with van der Waals surface area (Å²) in [6.45, 7) is 0.732. The number of rotatable bonds is 8. The molecule has 4 amide bonds. The third kappa shape index (κ3) is 5.03. The Kier molecular flexibility index (Phi) is 6.89. The number of aromatic nitrogens is 4. The topological polar surface area (TPSA) is 139 Å². The van der Waals surface area contributed by atoms with Gasteiger partial charge in [-0.1, -0.05) is 17.7 Å². The number of anilines is 1. The molecule has 2 fully saturated rings. The summed E-state index contributed by atoms with van der Waals surface area (Å²) >= 11 is 6.22. The highest BCUT2D eigenvalue weighted by Crippen LogP contribution is 2.40. The van der Waals surface area contributed by atoms with Gasteiger partial charge < -0.3 is 5.32 Å². The molecule has 11 nitrogen and oxygen atoms in total. The first kappa shape index (κ1) is 27.2. The molecule has 1 aliphatic carbocycles. The molecule has 2 N–H and O–H groups in total. The number of piperidine rings is 1. The lowest BCUT2D eigenvalue weighted by Gasteiger charge is -2.35. The zero-order valence-electron chi connectivity index (χ0n) is 23.1. The van der Waals surface area contributed by atoms with Crippen molar-refractivity contribution in [2.45, 2.75) is 50.6 Å². The summed E-state index contributed by atoms with van der Waals surface area (Å²) < 4.78 is 2.02. The van der Waals surface area contributed by atoms with E-state index < -0.39 is 29.7 Å². The van der Waals surface area contributed by atoms with Crippen LogP contribution < -0.4 is 10.6 Å². The third-order valence-electron chi connectivity index (χ3n) is 8.56. The maximum absolute atomic E-state index is 13.0. The molecule has 0 spiro atoms. The van der Waals surface area contributed by atoms with Crippen molar-refractivity contribution in [1.82, 2.24) is 30.0 Å². The zero-order chi connectivity index (χ0) is 29.7. The van der Waals surface area contributed by atoms with Gasteiger partial charge in [0.25, 0.3) is 11.8 Å². The fourth-order valence-corrected chi connectivity index (χ4v) is 6.39. The van der Waals surface area contributed by atoms with E-state index in [1.54, 1.807) is 30.5 Å². The van der Waals surface area contributed by atoms with E-state index in [0.717, 1.165) is 59.6 Å². The summed E-state index contributed by atoms with van der Waals surface area (Å²) in [4.78, 5) is 59.8. The van der Waals surface area contributed by atoms with Crippen LogP contribution in [-0.2, 0) is 9.59 Å². The van der Waals surface area contributed by atoms with E-state index in [9.17, 15) is 19.2 Å². The minimum Gasteiger partial charge on any atom is -0.385 e. The highest BCUT2D eigenvalue weighted by molar-refractivity contribution is 6.34. The molecule has 2 aromatic carbocycles. The Hall–Kier alpha value is -4.64. The Morgan fingerprint density at radius 1 is 1.02 bits per heavy atom. The number of para-hydroxylation sites is 1. The van der Waals surface area contributed by atoms with Gasteiger partial charge in [-0.3, -0.25) is 39.1 Å². The normalized spacial score (nSPS) is 21.6. The average Bonchev–Trinajstić information content (AvgIpc) is 3.55. The Bertz CT molecular complexity index is 1800. The van der Waals surface area contributed by atoms with Gasteiger partial charge in [0.2, 0.25) is 11.8 Å². The molecule has 0 bridgehead atoms. The summed E-state index contributed by atoms with van der Waals surface area (Å²) in [7, 11) is 0. The van der Waals surface area contributed by atoms with Crippen LogP contribution in [0.15, 0.2) is 55.0 Å². The monoisotopic (exact) mass is 597 g/mol. The molecule has 1 unspecified atom stereocenters. The molecular weight excluding hydrogens is 570 g/mol. The van der Waals surface area contributed by atoms with E-state index in [2.05, 4.69) is 20.7 Å². The van der Waals surface area contributed by atoms with E-state index in [1.165, 1.54) is 0 Å².